The van der Waals surface area contributed by atoms with Crippen LogP contribution in [0, 0.1) is 10.1 Å². The van der Waals surface area contributed by atoms with Crippen molar-refractivity contribution in [1.29, 1.82) is 0 Å². The van der Waals surface area contributed by atoms with Gasteiger partial charge in [-0.3, -0.25) is 10.1 Å². The molecule has 0 saturated carbocycles. The van der Waals surface area contributed by atoms with E-state index in [4.69, 9.17) is 5.11 Å². The monoisotopic (exact) mass is 337 g/mol. The molecule has 8 heteroatoms. The Labute approximate surface area is 134 Å². The maximum atomic E-state index is 10.4. The minimum absolute atomic E-state index is 0.00434. The number of nitrogens with zero attached hydrogens (tertiary/aromatic N) is 1. The molecule has 0 aliphatic heterocycles. The van der Waals surface area contributed by atoms with Crippen molar-refractivity contribution in [3.63, 3.8) is 0 Å². The van der Waals surface area contributed by atoms with Gasteiger partial charge in [-0.05, 0) is 6.92 Å². The predicted molar refractivity (Wildman–Crippen MR) is 83.4 cm³/mol. The van der Waals surface area contributed by atoms with Gasteiger partial charge >= 0.3 is 8.03 Å². The highest BCUT2D eigenvalue weighted by molar-refractivity contribution is 7.36. The summed E-state index contributed by atoms with van der Waals surface area (Å²) in [4.78, 5) is 20.1. The molecule has 1 unspecified atom stereocenters. The van der Waals surface area contributed by atoms with Crippen LogP contribution in [-0.2, 0) is 4.57 Å². The SMILES string of the molecule is C[C@H]([NH3+])c1ccccc1.O=[N+]([O-])c1cccc([C@H](O)[P+](=O)[O-])c1. The first-order valence-corrected chi connectivity index (χ1v) is 8.01. The lowest BCUT2D eigenvalue weighted by Gasteiger charge is -2.01. The molecule has 0 spiro atoms. The Kier molecular flexibility index (Phi) is 7.44. The van der Waals surface area contributed by atoms with Gasteiger partial charge in [0.05, 0.1) is 4.92 Å². The quantitative estimate of drug-likeness (QED) is 0.498. The predicted octanol–water partition coefficient (Wildman–Crippen LogP) is 1.68. The molecule has 0 aromatic heterocycles. The van der Waals surface area contributed by atoms with Crippen molar-refractivity contribution in [3.8, 4) is 0 Å². The third-order valence-electron chi connectivity index (χ3n) is 2.95. The Morgan fingerprint density at radius 3 is 2.13 bits per heavy atom. The number of aliphatic hydroxyl groups is 1. The number of rotatable bonds is 4. The van der Waals surface area contributed by atoms with Crippen molar-refractivity contribution in [3.05, 3.63) is 75.8 Å². The second-order valence-electron chi connectivity index (χ2n) is 4.82. The van der Waals surface area contributed by atoms with E-state index in [1.165, 1.54) is 23.8 Å². The average Bonchev–Trinajstić information content (AvgIpc) is 2.55. The van der Waals surface area contributed by atoms with Crippen molar-refractivity contribution >= 4 is 13.7 Å². The number of hydrogen-bond acceptors (Lipinski definition) is 5. The fraction of sp³-hybridized carbons (Fsp3) is 0.200. The van der Waals surface area contributed by atoms with Crippen molar-refractivity contribution in [2.75, 3.05) is 0 Å². The van der Waals surface area contributed by atoms with Crippen LogP contribution in [0.5, 0.6) is 0 Å². The molecule has 0 amide bonds. The highest BCUT2D eigenvalue weighted by Gasteiger charge is 2.21. The van der Waals surface area contributed by atoms with Gasteiger partial charge in [0.1, 0.15) is 6.04 Å². The Balaban J connectivity index is 0.000000253. The van der Waals surface area contributed by atoms with E-state index < -0.39 is 18.8 Å². The van der Waals surface area contributed by atoms with E-state index in [2.05, 4.69) is 24.8 Å². The van der Waals surface area contributed by atoms with E-state index in [-0.39, 0.29) is 11.3 Å². The zero-order valence-electron chi connectivity index (χ0n) is 12.5. The number of aliphatic hydroxyl groups excluding tert-OH is 1. The summed E-state index contributed by atoms with van der Waals surface area (Å²) in [5.74, 6) is -1.69. The molecule has 0 saturated heterocycles. The third kappa shape index (κ3) is 6.22. The second-order valence-corrected chi connectivity index (χ2v) is 5.88. The molecule has 0 heterocycles. The first-order valence-electron chi connectivity index (χ1n) is 6.77. The maximum absolute atomic E-state index is 10.4. The van der Waals surface area contributed by atoms with Gasteiger partial charge in [0.15, 0.2) is 0 Å². The van der Waals surface area contributed by atoms with Gasteiger partial charge in [-0.25, -0.2) is 0 Å². The van der Waals surface area contributed by atoms with E-state index in [1.807, 2.05) is 18.2 Å². The van der Waals surface area contributed by atoms with Crippen LogP contribution in [0.2, 0.25) is 0 Å². The molecule has 122 valence electrons. The van der Waals surface area contributed by atoms with Crippen molar-refractivity contribution < 1.29 is 25.2 Å². The summed E-state index contributed by atoms with van der Waals surface area (Å²) in [6.07, 6.45) is 0. The summed E-state index contributed by atoms with van der Waals surface area (Å²) in [6.45, 7) is 2.09. The number of non-ortho nitro benzene ring substituents is 1. The summed E-state index contributed by atoms with van der Waals surface area (Å²) in [5, 5.41) is 19.4. The summed E-state index contributed by atoms with van der Waals surface area (Å²) in [6, 6.07) is 15.6. The van der Waals surface area contributed by atoms with Crippen molar-refractivity contribution in [2.24, 2.45) is 0 Å². The van der Waals surface area contributed by atoms with Crippen LogP contribution in [0.15, 0.2) is 54.6 Å². The average molecular weight is 337 g/mol. The minimum atomic E-state index is -3.04. The third-order valence-corrected chi connectivity index (χ3v) is 3.64. The summed E-state index contributed by atoms with van der Waals surface area (Å²) in [5.41, 5.74) is 4.96. The van der Waals surface area contributed by atoms with Crippen LogP contribution in [0.4, 0.5) is 5.69 Å². The molecule has 4 N–H and O–H groups in total. The molecule has 2 aromatic rings. The first kappa shape index (κ1) is 18.9. The molecule has 0 fully saturated rings. The summed E-state index contributed by atoms with van der Waals surface area (Å²) >= 11 is 0. The van der Waals surface area contributed by atoms with Gasteiger partial charge in [0.2, 0.25) is 0 Å². The Bertz CT molecular complexity index is 664. The Morgan fingerprint density at radius 1 is 1.13 bits per heavy atom. The largest absolute Gasteiger partial charge is 0.593 e. The molecule has 0 radical (unpaired) electrons. The molecule has 0 aliphatic rings. The smallest absolute Gasteiger partial charge is 0.346 e. The molecule has 23 heavy (non-hydrogen) atoms. The zero-order chi connectivity index (χ0) is 17.4. The van der Waals surface area contributed by atoms with Crippen molar-refractivity contribution in [2.45, 2.75) is 18.8 Å². The van der Waals surface area contributed by atoms with Gasteiger partial charge in [0, 0.05) is 23.3 Å². The van der Waals surface area contributed by atoms with E-state index in [1.54, 1.807) is 0 Å². The standard InChI is InChI=1S/C8H11N.C7H6NO5P/c1-7(9)8-5-3-2-4-6-8;9-7(14(12)13)5-2-1-3-6(4-5)8(10)11/h2-7H,9H2,1H3;1-4,7,9H/p+1/t2*7-/m01/s1. The van der Waals surface area contributed by atoms with Crippen LogP contribution in [0.25, 0.3) is 0 Å². The Morgan fingerprint density at radius 2 is 1.70 bits per heavy atom. The molecule has 3 atom stereocenters. The highest BCUT2D eigenvalue weighted by atomic mass is 31.1. The summed E-state index contributed by atoms with van der Waals surface area (Å²) in [7, 11) is -3.04. The van der Waals surface area contributed by atoms with Gasteiger partial charge in [-0.1, -0.05) is 47.0 Å². The Hall–Kier alpha value is -2.18. The lowest BCUT2D eigenvalue weighted by atomic mass is 10.1. The molecule has 0 aliphatic carbocycles. The second kappa shape index (κ2) is 9.07. The van der Waals surface area contributed by atoms with Crippen LogP contribution in [-0.4, -0.2) is 10.0 Å². The normalized spacial score (nSPS) is 13.3. The molecular formula is C15H18N2O5P+. The van der Waals surface area contributed by atoms with Crippen LogP contribution < -0.4 is 10.6 Å². The van der Waals surface area contributed by atoms with Gasteiger partial charge in [0.25, 0.3) is 11.5 Å². The number of nitro groups is 1. The molecule has 0 bridgehead atoms. The maximum Gasteiger partial charge on any atom is 0.346 e. The van der Waals surface area contributed by atoms with Gasteiger partial charge in [-0.15, -0.1) is 0 Å². The first-order chi connectivity index (χ1) is 10.8. The lowest BCUT2D eigenvalue weighted by Crippen LogP contribution is -2.51. The van der Waals surface area contributed by atoms with Gasteiger partial charge < -0.3 is 15.7 Å². The van der Waals surface area contributed by atoms with E-state index in [0.29, 0.717) is 6.04 Å². The minimum Gasteiger partial charge on any atom is -0.593 e. The number of quaternary nitrogens is 1. The fourth-order valence-electron chi connectivity index (χ4n) is 1.70. The molecule has 7 nitrogen and oxygen atoms in total. The van der Waals surface area contributed by atoms with E-state index >= 15 is 0 Å². The zero-order valence-corrected chi connectivity index (χ0v) is 13.4. The lowest BCUT2D eigenvalue weighted by molar-refractivity contribution is -0.420. The molecule has 2 rings (SSSR count). The van der Waals surface area contributed by atoms with Crippen molar-refractivity contribution in [1.82, 2.24) is 0 Å². The van der Waals surface area contributed by atoms with E-state index in [0.717, 1.165) is 6.07 Å². The summed E-state index contributed by atoms with van der Waals surface area (Å²) < 4.78 is 10.4. The molecule has 2 aromatic carbocycles. The van der Waals surface area contributed by atoms with Gasteiger partial charge in [-0.2, -0.15) is 0 Å². The number of nitro benzene ring substituents is 1. The number of benzene rings is 2. The molecular weight excluding hydrogens is 319 g/mol. The van der Waals surface area contributed by atoms with Crippen LogP contribution in [0.1, 0.15) is 29.9 Å². The highest BCUT2D eigenvalue weighted by Crippen LogP contribution is 2.32. The topological polar surface area (TPSA) is 131 Å². The fourth-order valence-corrected chi connectivity index (χ4v) is 2.11. The van der Waals surface area contributed by atoms with Crippen LogP contribution >= 0.6 is 8.03 Å². The van der Waals surface area contributed by atoms with E-state index in [9.17, 15) is 19.6 Å². The number of hydrogen-bond donors (Lipinski definition) is 2. The van der Waals surface area contributed by atoms with Crippen LogP contribution in [0.3, 0.4) is 0 Å².